The third-order valence-electron chi connectivity index (χ3n) is 3.13. The topological polar surface area (TPSA) is 46.2 Å². The van der Waals surface area contributed by atoms with E-state index in [2.05, 4.69) is 30.6 Å². The minimum atomic E-state index is -2.85. The Morgan fingerprint density at radius 1 is 1.37 bits per heavy atom. The van der Waals surface area contributed by atoms with E-state index in [0.717, 1.165) is 32.2 Å². The normalized spacial score (nSPS) is 13.6. The number of sulfone groups is 1. The largest absolute Gasteiger partial charge is 0.309 e. The van der Waals surface area contributed by atoms with Crippen molar-refractivity contribution in [1.29, 1.82) is 0 Å². The molecule has 0 amide bonds. The Hall–Kier alpha value is -0.390. The van der Waals surface area contributed by atoms with Gasteiger partial charge in [-0.15, -0.1) is 11.3 Å². The molecule has 0 fully saturated rings. The molecule has 0 saturated carbocycles. The first-order chi connectivity index (χ1) is 8.98. The van der Waals surface area contributed by atoms with E-state index in [1.807, 2.05) is 0 Å². The summed E-state index contributed by atoms with van der Waals surface area (Å²) < 4.78 is 22.4. The molecule has 0 bridgehead atoms. The van der Waals surface area contributed by atoms with Crippen molar-refractivity contribution in [2.75, 3.05) is 18.6 Å². The Kier molecular flexibility index (Phi) is 7.04. The molecule has 5 heteroatoms. The fourth-order valence-corrected chi connectivity index (χ4v) is 3.94. The van der Waals surface area contributed by atoms with E-state index in [4.69, 9.17) is 0 Å². The third-order valence-corrected chi connectivity index (χ3v) is 5.23. The van der Waals surface area contributed by atoms with Crippen LogP contribution < -0.4 is 5.32 Å². The molecule has 0 aliphatic heterocycles. The molecule has 1 atom stereocenters. The predicted molar refractivity (Wildman–Crippen MR) is 83.7 cm³/mol. The van der Waals surface area contributed by atoms with Crippen LogP contribution in [0.25, 0.3) is 0 Å². The van der Waals surface area contributed by atoms with Gasteiger partial charge in [0, 0.05) is 22.9 Å². The van der Waals surface area contributed by atoms with Gasteiger partial charge >= 0.3 is 0 Å². The molecule has 1 N–H and O–H groups in total. The van der Waals surface area contributed by atoms with Crippen LogP contribution in [0.3, 0.4) is 0 Å². The van der Waals surface area contributed by atoms with Crippen molar-refractivity contribution in [3.63, 3.8) is 0 Å². The van der Waals surface area contributed by atoms with Crippen molar-refractivity contribution in [2.24, 2.45) is 0 Å². The van der Waals surface area contributed by atoms with Gasteiger partial charge in [-0.05, 0) is 49.2 Å². The average molecular weight is 303 g/mol. The average Bonchev–Trinajstić information content (AvgIpc) is 2.80. The highest BCUT2D eigenvalue weighted by Gasteiger charge is 2.16. The maximum atomic E-state index is 11.2. The summed E-state index contributed by atoms with van der Waals surface area (Å²) in [6.07, 6.45) is 5.05. The molecule has 1 aromatic heterocycles. The zero-order chi connectivity index (χ0) is 14.3. The first kappa shape index (κ1) is 16.7. The summed E-state index contributed by atoms with van der Waals surface area (Å²) >= 11 is 1.78. The lowest BCUT2D eigenvalue weighted by Gasteiger charge is -2.18. The zero-order valence-electron chi connectivity index (χ0n) is 12.1. The van der Waals surface area contributed by atoms with Gasteiger partial charge < -0.3 is 5.32 Å². The van der Waals surface area contributed by atoms with Crippen LogP contribution in [-0.4, -0.2) is 27.0 Å². The van der Waals surface area contributed by atoms with Crippen molar-refractivity contribution < 1.29 is 8.42 Å². The van der Waals surface area contributed by atoms with Gasteiger partial charge in [0.05, 0.1) is 0 Å². The van der Waals surface area contributed by atoms with Gasteiger partial charge in [0.1, 0.15) is 9.84 Å². The van der Waals surface area contributed by atoms with E-state index < -0.39 is 9.84 Å². The monoisotopic (exact) mass is 303 g/mol. The van der Waals surface area contributed by atoms with Gasteiger partial charge in [-0.2, -0.15) is 0 Å². The molecule has 1 heterocycles. The van der Waals surface area contributed by atoms with Crippen molar-refractivity contribution in [2.45, 2.75) is 45.6 Å². The summed E-state index contributed by atoms with van der Waals surface area (Å²) in [5.41, 5.74) is 1.39. The van der Waals surface area contributed by atoms with Crippen LogP contribution in [0.5, 0.6) is 0 Å². The van der Waals surface area contributed by atoms with Crippen LogP contribution >= 0.6 is 11.3 Å². The minimum absolute atomic E-state index is 0.282. The summed E-state index contributed by atoms with van der Waals surface area (Å²) in [6, 6.07) is 2.48. The van der Waals surface area contributed by atoms with Crippen LogP contribution in [0.4, 0.5) is 0 Å². The highest BCUT2D eigenvalue weighted by molar-refractivity contribution is 7.90. The number of rotatable bonds is 9. The van der Waals surface area contributed by atoms with Crippen LogP contribution in [0.15, 0.2) is 11.4 Å². The maximum absolute atomic E-state index is 11.2. The SMILES string of the molecule is CCCNC(CCCS(C)(=O)=O)c1sccc1CC. The summed E-state index contributed by atoms with van der Waals surface area (Å²) in [7, 11) is -2.85. The molecule has 0 spiro atoms. The van der Waals surface area contributed by atoms with Gasteiger partial charge in [0.25, 0.3) is 0 Å². The summed E-state index contributed by atoms with van der Waals surface area (Å²) in [5.74, 6) is 0.282. The number of aryl methyl sites for hydroxylation is 1. The first-order valence-electron chi connectivity index (χ1n) is 6.95. The number of hydrogen-bond donors (Lipinski definition) is 1. The molecule has 0 aliphatic rings. The summed E-state index contributed by atoms with van der Waals surface area (Å²) in [4.78, 5) is 1.38. The molecule has 0 radical (unpaired) electrons. The van der Waals surface area contributed by atoms with Crippen molar-refractivity contribution in [1.82, 2.24) is 5.32 Å². The quantitative estimate of drug-likeness (QED) is 0.762. The summed E-state index contributed by atoms with van der Waals surface area (Å²) in [5, 5.41) is 5.68. The number of nitrogens with one attached hydrogen (secondary N) is 1. The lowest BCUT2D eigenvalue weighted by atomic mass is 10.1. The molecule has 1 aromatic rings. The van der Waals surface area contributed by atoms with E-state index in [1.54, 1.807) is 11.3 Å². The second-order valence-electron chi connectivity index (χ2n) is 4.94. The van der Waals surface area contributed by atoms with Crippen LogP contribution in [0, 0.1) is 0 Å². The molecule has 0 aromatic carbocycles. The molecule has 1 rings (SSSR count). The standard InChI is InChI=1S/C14H25NO2S2/c1-4-9-15-13(7-6-11-19(3,16)17)14-12(5-2)8-10-18-14/h8,10,13,15H,4-7,9,11H2,1-3H3. The van der Waals surface area contributed by atoms with Crippen molar-refractivity contribution >= 4 is 21.2 Å². The zero-order valence-corrected chi connectivity index (χ0v) is 13.7. The molecule has 1 unspecified atom stereocenters. The van der Waals surface area contributed by atoms with E-state index in [-0.39, 0.29) is 5.75 Å². The Morgan fingerprint density at radius 3 is 2.68 bits per heavy atom. The molecule has 110 valence electrons. The molecule has 0 saturated heterocycles. The molecule has 0 aliphatic carbocycles. The fraction of sp³-hybridized carbons (Fsp3) is 0.714. The Morgan fingerprint density at radius 2 is 2.11 bits per heavy atom. The molecule has 19 heavy (non-hydrogen) atoms. The Balaban J connectivity index is 2.66. The van der Waals surface area contributed by atoms with E-state index >= 15 is 0 Å². The number of hydrogen-bond acceptors (Lipinski definition) is 4. The van der Waals surface area contributed by atoms with Gasteiger partial charge in [-0.3, -0.25) is 0 Å². The molecular weight excluding hydrogens is 278 g/mol. The second kappa shape index (κ2) is 8.02. The van der Waals surface area contributed by atoms with Crippen molar-refractivity contribution in [3.05, 3.63) is 21.9 Å². The molecular formula is C14H25NO2S2. The van der Waals surface area contributed by atoms with Crippen LogP contribution in [-0.2, 0) is 16.3 Å². The lowest BCUT2D eigenvalue weighted by Crippen LogP contribution is -2.23. The number of thiophene rings is 1. The minimum Gasteiger partial charge on any atom is -0.309 e. The maximum Gasteiger partial charge on any atom is 0.147 e. The van der Waals surface area contributed by atoms with Crippen molar-refractivity contribution in [3.8, 4) is 0 Å². The summed E-state index contributed by atoms with van der Waals surface area (Å²) in [6.45, 7) is 5.29. The molecule has 3 nitrogen and oxygen atoms in total. The van der Waals surface area contributed by atoms with Crippen LogP contribution in [0.2, 0.25) is 0 Å². The van der Waals surface area contributed by atoms with Crippen LogP contribution in [0.1, 0.15) is 49.6 Å². The first-order valence-corrected chi connectivity index (χ1v) is 9.89. The van der Waals surface area contributed by atoms with Gasteiger partial charge in [0.15, 0.2) is 0 Å². The van der Waals surface area contributed by atoms with Gasteiger partial charge in [-0.1, -0.05) is 13.8 Å². The van der Waals surface area contributed by atoms with E-state index in [1.165, 1.54) is 16.7 Å². The smallest absolute Gasteiger partial charge is 0.147 e. The van der Waals surface area contributed by atoms with E-state index in [9.17, 15) is 8.42 Å². The fourth-order valence-electron chi connectivity index (χ4n) is 2.14. The highest BCUT2D eigenvalue weighted by atomic mass is 32.2. The van der Waals surface area contributed by atoms with Gasteiger partial charge in [-0.25, -0.2) is 8.42 Å². The Bertz CT molecular complexity index is 466. The Labute approximate surface area is 121 Å². The second-order valence-corrected chi connectivity index (χ2v) is 8.15. The lowest BCUT2D eigenvalue weighted by molar-refractivity contribution is 0.496. The third kappa shape index (κ3) is 6.06. The van der Waals surface area contributed by atoms with E-state index in [0.29, 0.717) is 6.04 Å². The highest BCUT2D eigenvalue weighted by Crippen LogP contribution is 2.28. The van der Waals surface area contributed by atoms with Gasteiger partial charge in [0.2, 0.25) is 0 Å². The predicted octanol–water partition coefficient (Wildman–Crippen LogP) is 3.18.